The van der Waals surface area contributed by atoms with Crippen molar-refractivity contribution in [2.45, 2.75) is 46.3 Å². The van der Waals surface area contributed by atoms with Crippen LogP contribution < -0.4 is 10.1 Å². The SMILES string of the molecule is CC(C)CC1Oc2ccccc2NC1C(C)C. The molecule has 0 aromatic heterocycles. The van der Waals surface area contributed by atoms with Crippen LogP contribution in [0.1, 0.15) is 34.1 Å². The maximum absolute atomic E-state index is 6.15. The summed E-state index contributed by atoms with van der Waals surface area (Å²) in [6.07, 6.45) is 1.38. The largest absolute Gasteiger partial charge is 0.486 e. The molecule has 2 unspecified atom stereocenters. The Labute approximate surface area is 104 Å². The van der Waals surface area contributed by atoms with Gasteiger partial charge < -0.3 is 10.1 Å². The van der Waals surface area contributed by atoms with Crippen LogP contribution in [0.15, 0.2) is 24.3 Å². The third kappa shape index (κ3) is 2.74. The van der Waals surface area contributed by atoms with Crippen LogP contribution in [-0.2, 0) is 0 Å². The topological polar surface area (TPSA) is 21.3 Å². The van der Waals surface area contributed by atoms with Crippen molar-refractivity contribution in [3.05, 3.63) is 24.3 Å². The Balaban J connectivity index is 2.21. The standard InChI is InChI=1S/C15H23NO/c1-10(2)9-14-15(11(3)4)16-12-7-5-6-8-13(12)17-14/h5-8,10-11,14-16H,9H2,1-4H3. The number of rotatable bonds is 3. The third-order valence-electron chi connectivity index (χ3n) is 3.31. The van der Waals surface area contributed by atoms with E-state index in [4.69, 9.17) is 4.74 Å². The van der Waals surface area contributed by atoms with Crippen molar-refractivity contribution in [2.24, 2.45) is 11.8 Å². The number of fused-ring (bicyclic) bond motifs is 1. The second-order valence-electron chi connectivity index (χ2n) is 5.70. The minimum Gasteiger partial charge on any atom is -0.486 e. The fraction of sp³-hybridized carbons (Fsp3) is 0.600. The number of benzene rings is 1. The van der Waals surface area contributed by atoms with Crippen molar-refractivity contribution in [2.75, 3.05) is 5.32 Å². The summed E-state index contributed by atoms with van der Waals surface area (Å²) < 4.78 is 6.15. The molecule has 2 atom stereocenters. The molecular formula is C15H23NO. The predicted molar refractivity (Wildman–Crippen MR) is 72.6 cm³/mol. The van der Waals surface area contributed by atoms with Gasteiger partial charge in [0.2, 0.25) is 0 Å². The van der Waals surface area contributed by atoms with E-state index in [9.17, 15) is 0 Å². The Hall–Kier alpha value is -1.18. The highest BCUT2D eigenvalue weighted by molar-refractivity contribution is 5.58. The smallest absolute Gasteiger partial charge is 0.142 e. The Kier molecular flexibility index (Phi) is 3.60. The van der Waals surface area contributed by atoms with Gasteiger partial charge in [-0.3, -0.25) is 0 Å². The highest BCUT2D eigenvalue weighted by atomic mass is 16.5. The molecule has 2 heteroatoms. The molecule has 2 nitrogen and oxygen atoms in total. The molecule has 17 heavy (non-hydrogen) atoms. The summed E-state index contributed by atoms with van der Waals surface area (Å²) in [6.45, 7) is 9.01. The van der Waals surface area contributed by atoms with E-state index in [0.29, 0.717) is 17.9 Å². The Morgan fingerprint density at radius 2 is 1.88 bits per heavy atom. The molecule has 1 aromatic rings. The maximum Gasteiger partial charge on any atom is 0.142 e. The highest BCUT2D eigenvalue weighted by Gasteiger charge is 2.31. The minimum atomic E-state index is 0.282. The lowest BCUT2D eigenvalue weighted by atomic mass is 9.91. The van der Waals surface area contributed by atoms with Gasteiger partial charge in [0, 0.05) is 0 Å². The molecule has 0 amide bonds. The van der Waals surface area contributed by atoms with Crippen molar-refractivity contribution in [3.8, 4) is 5.75 Å². The van der Waals surface area contributed by atoms with Crippen LogP contribution in [0.4, 0.5) is 5.69 Å². The maximum atomic E-state index is 6.15. The summed E-state index contributed by atoms with van der Waals surface area (Å²) in [5, 5.41) is 3.63. The first kappa shape index (κ1) is 12.3. The fourth-order valence-electron chi connectivity index (χ4n) is 2.45. The van der Waals surface area contributed by atoms with Gasteiger partial charge in [-0.2, -0.15) is 0 Å². The fourth-order valence-corrected chi connectivity index (χ4v) is 2.45. The van der Waals surface area contributed by atoms with Gasteiger partial charge in [-0.05, 0) is 30.4 Å². The molecule has 0 radical (unpaired) electrons. The molecule has 1 N–H and O–H groups in total. The van der Waals surface area contributed by atoms with Gasteiger partial charge in [0.25, 0.3) is 0 Å². The lowest BCUT2D eigenvalue weighted by Crippen LogP contribution is -2.45. The van der Waals surface area contributed by atoms with Gasteiger partial charge in [0.15, 0.2) is 0 Å². The number of nitrogens with one attached hydrogen (secondary N) is 1. The average molecular weight is 233 g/mol. The van der Waals surface area contributed by atoms with Crippen LogP contribution in [0.5, 0.6) is 5.75 Å². The van der Waals surface area contributed by atoms with E-state index in [-0.39, 0.29) is 6.10 Å². The molecular weight excluding hydrogens is 210 g/mol. The second-order valence-corrected chi connectivity index (χ2v) is 5.70. The third-order valence-corrected chi connectivity index (χ3v) is 3.31. The summed E-state index contributed by atoms with van der Waals surface area (Å²) in [6, 6.07) is 8.63. The molecule has 2 rings (SSSR count). The van der Waals surface area contributed by atoms with E-state index in [1.54, 1.807) is 0 Å². The summed E-state index contributed by atoms with van der Waals surface area (Å²) in [5.74, 6) is 2.23. The number of anilines is 1. The molecule has 94 valence electrons. The zero-order valence-electron chi connectivity index (χ0n) is 11.2. The molecule has 1 aromatic carbocycles. The molecule has 0 aliphatic carbocycles. The zero-order chi connectivity index (χ0) is 12.4. The molecule has 1 aliphatic heterocycles. The van der Waals surface area contributed by atoms with Gasteiger partial charge in [-0.15, -0.1) is 0 Å². The van der Waals surface area contributed by atoms with Gasteiger partial charge in [0.1, 0.15) is 11.9 Å². The minimum absolute atomic E-state index is 0.282. The van der Waals surface area contributed by atoms with Crippen LogP contribution in [0.2, 0.25) is 0 Å². The predicted octanol–water partition coefficient (Wildman–Crippen LogP) is 3.93. The lowest BCUT2D eigenvalue weighted by Gasteiger charge is -2.38. The molecule has 1 aliphatic rings. The lowest BCUT2D eigenvalue weighted by molar-refractivity contribution is 0.125. The summed E-state index contributed by atoms with van der Waals surface area (Å²) in [5.41, 5.74) is 1.13. The van der Waals surface area contributed by atoms with E-state index in [1.807, 2.05) is 12.1 Å². The van der Waals surface area contributed by atoms with Gasteiger partial charge in [-0.25, -0.2) is 0 Å². The van der Waals surface area contributed by atoms with Crippen LogP contribution in [0, 0.1) is 11.8 Å². The molecule has 0 bridgehead atoms. The Morgan fingerprint density at radius 3 is 2.53 bits per heavy atom. The van der Waals surface area contributed by atoms with Gasteiger partial charge in [-0.1, -0.05) is 39.8 Å². The van der Waals surface area contributed by atoms with Crippen LogP contribution in [-0.4, -0.2) is 12.1 Å². The van der Waals surface area contributed by atoms with Crippen molar-refractivity contribution < 1.29 is 4.74 Å². The van der Waals surface area contributed by atoms with E-state index >= 15 is 0 Å². The van der Waals surface area contributed by atoms with Crippen molar-refractivity contribution in [1.29, 1.82) is 0 Å². The average Bonchev–Trinajstić information content (AvgIpc) is 2.27. The number of ether oxygens (including phenoxy) is 1. The van der Waals surface area contributed by atoms with E-state index in [1.165, 1.54) is 0 Å². The molecule has 0 saturated heterocycles. The quantitative estimate of drug-likeness (QED) is 0.854. The van der Waals surface area contributed by atoms with Crippen molar-refractivity contribution in [3.63, 3.8) is 0 Å². The van der Waals surface area contributed by atoms with Gasteiger partial charge >= 0.3 is 0 Å². The first-order chi connectivity index (χ1) is 8.08. The van der Waals surface area contributed by atoms with Crippen LogP contribution >= 0.6 is 0 Å². The van der Waals surface area contributed by atoms with E-state index in [0.717, 1.165) is 17.9 Å². The Morgan fingerprint density at radius 1 is 1.18 bits per heavy atom. The summed E-state index contributed by atoms with van der Waals surface area (Å²) in [7, 11) is 0. The Bertz CT molecular complexity index is 373. The zero-order valence-corrected chi connectivity index (χ0v) is 11.2. The molecule has 0 spiro atoms. The van der Waals surface area contributed by atoms with Gasteiger partial charge in [0.05, 0.1) is 11.7 Å². The van der Waals surface area contributed by atoms with Crippen LogP contribution in [0.25, 0.3) is 0 Å². The monoisotopic (exact) mass is 233 g/mol. The van der Waals surface area contributed by atoms with Crippen molar-refractivity contribution in [1.82, 2.24) is 0 Å². The summed E-state index contributed by atoms with van der Waals surface area (Å²) in [4.78, 5) is 0. The molecule has 0 saturated carbocycles. The van der Waals surface area contributed by atoms with E-state index < -0.39 is 0 Å². The molecule has 1 heterocycles. The molecule has 0 fully saturated rings. The normalized spacial score (nSPS) is 23.2. The first-order valence-electron chi connectivity index (χ1n) is 6.60. The first-order valence-corrected chi connectivity index (χ1v) is 6.60. The van der Waals surface area contributed by atoms with E-state index in [2.05, 4.69) is 45.1 Å². The number of hydrogen-bond acceptors (Lipinski definition) is 2. The number of hydrogen-bond donors (Lipinski definition) is 1. The second kappa shape index (κ2) is 4.99. The summed E-state index contributed by atoms with van der Waals surface area (Å²) >= 11 is 0. The number of para-hydroxylation sites is 2. The highest BCUT2D eigenvalue weighted by Crippen LogP contribution is 2.34. The van der Waals surface area contributed by atoms with Crippen LogP contribution in [0.3, 0.4) is 0 Å². The van der Waals surface area contributed by atoms with Crippen molar-refractivity contribution >= 4 is 5.69 Å².